The van der Waals surface area contributed by atoms with Crippen molar-refractivity contribution in [2.45, 2.75) is 13.0 Å². The molecule has 0 fully saturated rings. The van der Waals surface area contributed by atoms with Crippen LogP contribution in [0.4, 0.5) is 0 Å². The van der Waals surface area contributed by atoms with Crippen LogP contribution >= 0.6 is 0 Å². The molecule has 1 amide bonds. The van der Waals surface area contributed by atoms with Crippen molar-refractivity contribution in [1.82, 2.24) is 10.6 Å². The number of methoxy groups -OCH3 is 1. The molecule has 0 aromatic rings. The zero-order valence-corrected chi connectivity index (χ0v) is 8.30. The first-order valence-corrected chi connectivity index (χ1v) is 4.42. The molecule has 0 radical (unpaired) electrons. The lowest BCUT2D eigenvalue weighted by molar-refractivity contribution is -0.122. The maximum absolute atomic E-state index is 11.3. The lowest BCUT2D eigenvalue weighted by Gasteiger charge is -2.12. The summed E-state index contributed by atoms with van der Waals surface area (Å²) in [6.07, 6.45) is 0. The molecule has 0 bridgehead atoms. The van der Waals surface area contributed by atoms with Crippen molar-refractivity contribution in [2.75, 3.05) is 33.4 Å². The van der Waals surface area contributed by atoms with E-state index in [1.165, 1.54) is 0 Å². The second kappa shape index (κ2) is 7.97. The third-order valence-electron chi connectivity index (χ3n) is 1.59. The van der Waals surface area contributed by atoms with E-state index in [-0.39, 0.29) is 11.9 Å². The number of carbonyl (C=O) groups is 1. The number of carbonyl (C=O) groups excluding carboxylic acids is 1. The van der Waals surface area contributed by atoms with E-state index in [9.17, 15) is 4.79 Å². The average molecular weight is 189 g/mol. The van der Waals surface area contributed by atoms with Crippen molar-refractivity contribution in [3.63, 3.8) is 0 Å². The van der Waals surface area contributed by atoms with Gasteiger partial charge in [0.2, 0.25) is 5.91 Å². The van der Waals surface area contributed by atoms with Crippen molar-refractivity contribution in [2.24, 2.45) is 5.73 Å². The van der Waals surface area contributed by atoms with Gasteiger partial charge in [0.1, 0.15) is 0 Å². The molecule has 0 aliphatic carbocycles. The van der Waals surface area contributed by atoms with E-state index in [4.69, 9.17) is 10.5 Å². The molecule has 1 atom stereocenters. The van der Waals surface area contributed by atoms with Gasteiger partial charge in [-0.05, 0) is 6.92 Å². The smallest absolute Gasteiger partial charge is 0.236 e. The SMILES string of the molecule is COCCNC(=O)C(C)NCCN. The highest BCUT2D eigenvalue weighted by molar-refractivity contribution is 5.81. The fraction of sp³-hybridized carbons (Fsp3) is 0.875. The van der Waals surface area contributed by atoms with Crippen LogP contribution in [0.2, 0.25) is 0 Å². The molecule has 5 heteroatoms. The van der Waals surface area contributed by atoms with Crippen LogP contribution in [0.25, 0.3) is 0 Å². The highest BCUT2D eigenvalue weighted by Crippen LogP contribution is 1.80. The van der Waals surface area contributed by atoms with E-state index in [0.29, 0.717) is 26.2 Å². The molecular formula is C8H19N3O2. The summed E-state index contributed by atoms with van der Waals surface area (Å²) in [6.45, 7) is 4.08. The fourth-order valence-corrected chi connectivity index (χ4v) is 0.822. The zero-order valence-electron chi connectivity index (χ0n) is 8.30. The Morgan fingerprint density at radius 1 is 1.54 bits per heavy atom. The molecule has 0 aromatic carbocycles. The predicted molar refractivity (Wildman–Crippen MR) is 51.4 cm³/mol. The van der Waals surface area contributed by atoms with Gasteiger partial charge in [-0.2, -0.15) is 0 Å². The number of nitrogens with two attached hydrogens (primary N) is 1. The summed E-state index contributed by atoms with van der Waals surface area (Å²) in [5, 5.41) is 5.71. The molecule has 0 spiro atoms. The quantitative estimate of drug-likeness (QED) is 0.434. The van der Waals surface area contributed by atoms with Crippen LogP contribution in [0, 0.1) is 0 Å². The largest absolute Gasteiger partial charge is 0.383 e. The number of rotatable bonds is 7. The van der Waals surface area contributed by atoms with E-state index in [2.05, 4.69) is 10.6 Å². The number of hydrogen-bond donors (Lipinski definition) is 3. The van der Waals surface area contributed by atoms with Gasteiger partial charge in [0.05, 0.1) is 12.6 Å². The molecule has 0 saturated carbocycles. The van der Waals surface area contributed by atoms with Crippen LogP contribution < -0.4 is 16.4 Å². The van der Waals surface area contributed by atoms with Crippen LogP contribution in [0.15, 0.2) is 0 Å². The topological polar surface area (TPSA) is 76.4 Å². The van der Waals surface area contributed by atoms with E-state index in [1.54, 1.807) is 14.0 Å². The molecule has 5 nitrogen and oxygen atoms in total. The number of amides is 1. The third kappa shape index (κ3) is 6.51. The second-order valence-electron chi connectivity index (χ2n) is 2.75. The minimum Gasteiger partial charge on any atom is -0.383 e. The van der Waals surface area contributed by atoms with Gasteiger partial charge >= 0.3 is 0 Å². The maximum Gasteiger partial charge on any atom is 0.236 e. The van der Waals surface area contributed by atoms with Gasteiger partial charge < -0.3 is 21.1 Å². The van der Waals surface area contributed by atoms with E-state index in [1.807, 2.05) is 0 Å². The minimum atomic E-state index is -0.194. The predicted octanol–water partition coefficient (Wildman–Crippen LogP) is -1.31. The van der Waals surface area contributed by atoms with E-state index >= 15 is 0 Å². The van der Waals surface area contributed by atoms with Crippen LogP contribution in [0.3, 0.4) is 0 Å². The van der Waals surface area contributed by atoms with E-state index in [0.717, 1.165) is 0 Å². The Labute approximate surface area is 79.0 Å². The summed E-state index contributed by atoms with van der Waals surface area (Å²) in [5.41, 5.74) is 5.28. The van der Waals surface area contributed by atoms with Gasteiger partial charge in [-0.25, -0.2) is 0 Å². The lowest BCUT2D eigenvalue weighted by atomic mass is 10.3. The summed E-state index contributed by atoms with van der Waals surface area (Å²) < 4.78 is 4.80. The maximum atomic E-state index is 11.3. The first-order chi connectivity index (χ1) is 6.22. The van der Waals surface area contributed by atoms with Gasteiger partial charge in [-0.1, -0.05) is 0 Å². The molecule has 0 aliphatic heterocycles. The first-order valence-electron chi connectivity index (χ1n) is 4.42. The van der Waals surface area contributed by atoms with Crippen LogP contribution in [-0.2, 0) is 9.53 Å². The Morgan fingerprint density at radius 2 is 2.23 bits per heavy atom. The van der Waals surface area contributed by atoms with Crippen LogP contribution in [0.1, 0.15) is 6.92 Å². The van der Waals surface area contributed by atoms with Crippen molar-refractivity contribution >= 4 is 5.91 Å². The highest BCUT2D eigenvalue weighted by Gasteiger charge is 2.09. The van der Waals surface area contributed by atoms with Gasteiger partial charge in [-0.15, -0.1) is 0 Å². The fourth-order valence-electron chi connectivity index (χ4n) is 0.822. The summed E-state index contributed by atoms with van der Waals surface area (Å²) in [5.74, 6) is -0.0227. The number of nitrogens with one attached hydrogen (secondary N) is 2. The van der Waals surface area contributed by atoms with Crippen molar-refractivity contribution < 1.29 is 9.53 Å². The normalized spacial score (nSPS) is 12.5. The molecule has 0 aromatic heterocycles. The van der Waals surface area contributed by atoms with Gasteiger partial charge in [0, 0.05) is 26.7 Å². The standard InChI is InChI=1S/C8H19N3O2/c1-7(10-4-3-9)8(12)11-5-6-13-2/h7,10H,3-6,9H2,1-2H3,(H,11,12). The van der Waals surface area contributed by atoms with Crippen molar-refractivity contribution in [1.29, 1.82) is 0 Å². The zero-order chi connectivity index (χ0) is 10.1. The molecule has 0 aliphatic rings. The molecular weight excluding hydrogens is 170 g/mol. The summed E-state index contributed by atoms with van der Waals surface area (Å²) >= 11 is 0. The summed E-state index contributed by atoms with van der Waals surface area (Å²) in [6, 6.07) is -0.194. The molecule has 78 valence electrons. The van der Waals surface area contributed by atoms with E-state index < -0.39 is 0 Å². The number of ether oxygens (including phenoxy) is 1. The number of hydrogen-bond acceptors (Lipinski definition) is 4. The Hall–Kier alpha value is -0.650. The minimum absolute atomic E-state index is 0.0227. The molecule has 4 N–H and O–H groups in total. The van der Waals surface area contributed by atoms with Crippen molar-refractivity contribution in [3.8, 4) is 0 Å². The Morgan fingerprint density at radius 3 is 2.77 bits per heavy atom. The Balaban J connectivity index is 3.45. The molecule has 0 rings (SSSR count). The van der Waals surface area contributed by atoms with Crippen molar-refractivity contribution in [3.05, 3.63) is 0 Å². The van der Waals surface area contributed by atoms with Crippen LogP contribution in [0.5, 0.6) is 0 Å². The summed E-state index contributed by atoms with van der Waals surface area (Å²) in [7, 11) is 1.60. The molecule has 0 saturated heterocycles. The molecule has 13 heavy (non-hydrogen) atoms. The molecule has 1 unspecified atom stereocenters. The molecule has 0 heterocycles. The first kappa shape index (κ1) is 12.3. The third-order valence-corrected chi connectivity index (χ3v) is 1.59. The monoisotopic (exact) mass is 189 g/mol. The van der Waals surface area contributed by atoms with Gasteiger partial charge in [-0.3, -0.25) is 4.79 Å². The Kier molecular flexibility index (Phi) is 7.57. The highest BCUT2D eigenvalue weighted by atomic mass is 16.5. The second-order valence-corrected chi connectivity index (χ2v) is 2.75. The van der Waals surface area contributed by atoms with Gasteiger partial charge in [0.15, 0.2) is 0 Å². The summed E-state index contributed by atoms with van der Waals surface area (Å²) in [4.78, 5) is 11.3. The lowest BCUT2D eigenvalue weighted by Crippen LogP contribution is -2.44. The van der Waals surface area contributed by atoms with Gasteiger partial charge in [0.25, 0.3) is 0 Å². The Bertz CT molecular complexity index is 141. The average Bonchev–Trinajstić information content (AvgIpc) is 2.14. The van der Waals surface area contributed by atoms with Crippen LogP contribution in [-0.4, -0.2) is 45.3 Å².